The van der Waals surface area contributed by atoms with E-state index in [-0.39, 0.29) is 11.1 Å². The number of hydrogen-bond acceptors (Lipinski definition) is 2. The van der Waals surface area contributed by atoms with Crippen LogP contribution in [0.25, 0.3) is 10.9 Å². The Morgan fingerprint density at radius 1 is 1.14 bits per heavy atom. The number of nitriles is 1. The summed E-state index contributed by atoms with van der Waals surface area (Å²) in [4.78, 5) is 3.36. The number of aromatic nitrogens is 1. The fourth-order valence-electron chi connectivity index (χ4n) is 6.72. The normalized spacial score (nSPS) is 32.6. The average Bonchev–Trinajstić information content (AvgIpc) is 3.44. The molecule has 2 aliphatic carbocycles. The van der Waals surface area contributed by atoms with E-state index in [0.29, 0.717) is 23.7 Å². The van der Waals surface area contributed by atoms with Crippen molar-refractivity contribution in [3.63, 3.8) is 0 Å². The highest BCUT2D eigenvalue weighted by atomic mass is 19.1. The smallest absolute Gasteiger partial charge is 0.140 e. The molecule has 2 fully saturated rings. The second-order valence-electron chi connectivity index (χ2n) is 8.98. The Bertz CT molecular complexity index is 1160. The van der Waals surface area contributed by atoms with E-state index in [4.69, 9.17) is 0 Å². The van der Waals surface area contributed by atoms with E-state index in [1.165, 1.54) is 47.5 Å². The Balaban J connectivity index is 1.59. The highest BCUT2D eigenvalue weighted by Gasteiger charge is 2.58. The maximum atomic E-state index is 14.0. The molecule has 1 aliphatic heterocycles. The van der Waals surface area contributed by atoms with E-state index >= 15 is 0 Å². The zero-order chi connectivity index (χ0) is 19.0. The Hall–Kier alpha value is -2.80. The van der Waals surface area contributed by atoms with Crippen molar-refractivity contribution in [1.82, 2.24) is 4.98 Å². The van der Waals surface area contributed by atoms with Crippen LogP contribution >= 0.6 is 0 Å². The highest BCUT2D eigenvalue weighted by Crippen LogP contribution is 2.66. The third-order valence-corrected chi connectivity index (χ3v) is 7.77. The van der Waals surface area contributed by atoms with Gasteiger partial charge in [-0.15, -0.1) is 0 Å². The molecule has 6 rings (SSSR count). The molecular formula is C24H22FN3. The van der Waals surface area contributed by atoms with E-state index in [1.807, 2.05) is 18.3 Å². The minimum Gasteiger partial charge on any atom is -0.375 e. The Morgan fingerprint density at radius 3 is 2.86 bits per heavy atom. The van der Waals surface area contributed by atoms with Crippen LogP contribution < -0.4 is 5.32 Å². The number of H-pyrrole nitrogens is 1. The molecule has 2 heterocycles. The summed E-state index contributed by atoms with van der Waals surface area (Å²) >= 11 is 0. The third kappa shape index (κ3) is 1.92. The van der Waals surface area contributed by atoms with E-state index in [2.05, 4.69) is 35.4 Å². The number of halogens is 1. The van der Waals surface area contributed by atoms with Crippen molar-refractivity contribution in [3.8, 4) is 6.07 Å². The average molecular weight is 371 g/mol. The Labute approximate surface area is 163 Å². The molecule has 4 heteroatoms. The summed E-state index contributed by atoms with van der Waals surface area (Å²) in [6.45, 7) is 2.25. The molecule has 5 unspecified atom stereocenters. The molecule has 0 radical (unpaired) electrons. The highest BCUT2D eigenvalue weighted by molar-refractivity contribution is 5.90. The lowest BCUT2D eigenvalue weighted by Crippen LogP contribution is -2.48. The first-order chi connectivity index (χ1) is 13.6. The summed E-state index contributed by atoms with van der Waals surface area (Å²) in [6.07, 6.45) is 5.88. The van der Waals surface area contributed by atoms with Crippen LogP contribution in [0.2, 0.25) is 0 Å². The SMILES string of the molecule is CC1(c2ccc(F)c(C#N)c2)Nc2ccc3[nH]ccc3c2C2C3CCC(C3)C21. The Kier molecular flexibility index (Phi) is 3.11. The number of nitrogens with one attached hydrogen (secondary N) is 2. The summed E-state index contributed by atoms with van der Waals surface area (Å²) in [5.41, 5.74) is 4.68. The molecule has 5 atom stereocenters. The summed E-state index contributed by atoms with van der Waals surface area (Å²) in [5, 5.41) is 14.5. The van der Waals surface area contributed by atoms with Crippen molar-refractivity contribution in [3.05, 3.63) is 65.1 Å². The zero-order valence-electron chi connectivity index (χ0n) is 15.8. The van der Waals surface area contributed by atoms with Gasteiger partial charge in [-0.3, -0.25) is 0 Å². The molecule has 1 aromatic heterocycles. The first kappa shape index (κ1) is 16.2. The van der Waals surface area contributed by atoms with Crippen LogP contribution in [0.4, 0.5) is 10.1 Å². The second kappa shape index (κ2) is 5.38. The minimum atomic E-state index is -0.440. The predicted octanol–water partition coefficient (Wildman–Crippen LogP) is 5.65. The van der Waals surface area contributed by atoms with Crippen LogP contribution in [0.1, 0.15) is 48.8 Å². The van der Waals surface area contributed by atoms with Crippen molar-refractivity contribution in [2.24, 2.45) is 17.8 Å². The lowest BCUT2D eigenvalue weighted by atomic mass is 9.61. The van der Waals surface area contributed by atoms with Gasteiger partial charge in [0.05, 0.1) is 11.1 Å². The van der Waals surface area contributed by atoms with Gasteiger partial charge in [0, 0.05) is 22.8 Å². The summed E-state index contributed by atoms with van der Waals surface area (Å²) in [6, 6.07) is 13.6. The fourth-order valence-corrected chi connectivity index (χ4v) is 6.72. The first-order valence-corrected chi connectivity index (χ1v) is 10.2. The van der Waals surface area contributed by atoms with Crippen LogP contribution in [-0.4, -0.2) is 4.98 Å². The standard InChI is InChI=1S/C24H22FN3/c1-24(16-4-5-18(25)15(11-16)12-26)23-14-3-2-13(10-14)21(23)22-17-8-9-27-19(17)6-7-20(22)28-24/h4-9,11,13-14,21,23,27-28H,2-3,10H2,1H3. The summed E-state index contributed by atoms with van der Waals surface area (Å²) in [7, 11) is 0. The van der Waals surface area contributed by atoms with Gasteiger partial charge in [0.15, 0.2) is 0 Å². The third-order valence-electron chi connectivity index (χ3n) is 7.77. The zero-order valence-corrected chi connectivity index (χ0v) is 15.8. The predicted molar refractivity (Wildman–Crippen MR) is 107 cm³/mol. The molecule has 0 amide bonds. The van der Waals surface area contributed by atoms with Gasteiger partial charge in [-0.1, -0.05) is 6.07 Å². The van der Waals surface area contributed by atoms with Crippen molar-refractivity contribution >= 4 is 16.6 Å². The van der Waals surface area contributed by atoms with Crippen LogP contribution in [0.5, 0.6) is 0 Å². The molecule has 28 heavy (non-hydrogen) atoms. The number of anilines is 1. The van der Waals surface area contributed by atoms with Crippen molar-refractivity contribution in [2.45, 2.75) is 37.6 Å². The molecule has 2 N–H and O–H groups in total. The molecule has 0 spiro atoms. The number of rotatable bonds is 1. The molecule has 140 valence electrons. The second-order valence-corrected chi connectivity index (χ2v) is 8.98. The summed E-state index contributed by atoms with van der Waals surface area (Å²) in [5.74, 6) is 1.91. The van der Waals surface area contributed by atoms with E-state index in [9.17, 15) is 9.65 Å². The fraction of sp³-hybridized carbons (Fsp3) is 0.375. The van der Waals surface area contributed by atoms with Crippen LogP contribution in [-0.2, 0) is 5.54 Å². The van der Waals surface area contributed by atoms with E-state index < -0.39 is 5.82 Å². The largest absolute Gasteiger partial charge is 0.375 e. The molecule has 3 aliphatic rings. The quantitative estimate of drug-likeness (QED) is 0.581. The lowest BCUT2D eigenvalue weighted by molar-refractivity contribution is 0.183. The number of fused-ring (bicyclic) bond motifs is 9. The van der Waals surface area contributed by atoms with Gasteiger partial charge in [-0.05, 0) is 91.3 Å². The molecule has 0 saturated heterocycles. The molecule has 3 nitrogen and oxygen atoms in total. The van der Waals surface area contributed by atoms with Crippen LogP contribution in [0.3, 0.4) is 0 Å². The van der Waals surface area contributed by atoms with Crippen molar-refractivity contribution in [2.75, 3.05) is 5.32 Å². The van der Waals surface area contributed by atoms with Gasteiger partial charge in [0.1, 0.15) is 11.9 Å². The van der Waals surface area contributed by atoms with Crippen molar-refractivity contribution < 1.29 is 4.39 Å². The van der Waals surface area contributed by atoms with Crippen LogP contribution in [0, 0.1) is 34.9 Å². The lowest BCUT2D eigenvalue weighted by Gasteiger charge is -2.50. The van der Waals surface area contributed by atoms with Gasteiger partial charge in [0.25, 0.3) is 0 Å². The maximum Gasteiger partial charge on any atom is 0.140 e. The topological polar surface area (TPSA) is 51.6 Å². The van der Waals surface area contributed by atoms with Gasteiger partial charge in [0.2, 0.25) is 0 Å². The number of hydrogen-bond donors (Lipinski definition) is 2. The molecule has 2 aromatic carbocycles. The molecule has 2 bridgehead atoms. The Morgan fingerprint density at radius 2 is 2.00 bits per heavy atom. The molecule has 2 saturated carbocycles. The minimum absolute atomic E-state index is 0.132. The maximum absolute atomic E-state index is 14.0. The van der Waals surface area contributed by atoms with E-state index in [0.717, 1.165) is 5.56 Å². The monoisotopic (exact) mass is 371 g/mol. The van der Waals surface area contributed by atoms with Gasteiger partial charge < -0.3 is 10.3 Å². The first-order valence-electron chi connectivity index (χ1n) is 10.2. The summed E-state index contributed by atoms with van der Waals surface area (Å²) < 4.78 is 14.0. The number of aromatic amines is 1. The van der Waals surface area contributed by atoms with Crippen molar-refractivity contribution in [1.29, 1.82) is 5.26 Å². The molecular weight excluding hydrogens is 349 g/mol. The van der Waals surface area contributed by atoms with Gasteiger partial charge in [-0.2, -0.15) is 5.26 Å². The van der Waals surface area contributed by atoms with Gasteiger partial charge >= 0.3 is 0 Å². The molecule has 3 aromatic rings. The van der Waals surface area contributed by atoms with Gasteiger partial charge in [-0.25, -0.2) is 4.39 Å². The van der Waals surface area contributed by atoms with Crippen LogP contribution in [0.15, 0.2) is 42.6 Å². The number of nitrogens with zero attached hydrogens (tertiary/aromatic N) is 1. The van der Waals surface area contributed by atoms with E-state index in [1.54, 1.807) is 6.07 Å². The number of benzene rings is 2.